The van der Waals surface area contributed by atoms with Crippen molar-refractivity contribution in [2.45, 2.75) is 82.5 Å². The van der Waals surface area contributed by atoms with Crippen molar-refractivity contribution < 1.29 is 14.3 Å². The SMILES string of the molecule is CC1(C)C[C@H](NC(=O)C[C@@]2(c3ccc(Cl)cc3)CCOC(C)(C)C2)CCO1. The first-order valence-corrected chi connectivity index (χ1v) is 10.3. The van der Waals surface area contributed by atoms with Gasteiger partial charge in [0.25, 0.3) is 0 Å². The summed E-state index contributed by atoms with van der Waals surface area (Å²) in [6.07, 6.45) is 3.84. The first-order chi connectivity index (χ1) is 12.6. The summed E-state index contributed by atoms with van der Waals surface area (Å²) in [6.45, 7) is 9.74. The Morgan fingerprint density at radius 2 is 1.78 bits per heavy atom. The van der Waals surface area contributed by atoms with Crippen molar-refractivity contribution in [1.29, 1.82) is 0 Å². The Morgan fingerprint density at radius 3 is 2.41 bits per heavy atom. The molecule has 2 saturated heterocycles. The lowest BCUT2D eigenvalue weighted by atomic mass is 9.67. The second kappa shape index (κ2) is 7.73. The van der Waals surface area contributed by atoms with Crippen LogP contribution in [0.3, 0.4) is 0 Å². The van der Waals surface area contributed by atoms with Gasteiger partial charge in [-0.2, -0.15) is 0 Å². The monoisotopic (exact) mass is 393 g/mol. The van der Waals surface area contributed by atoms with Crippen LogP contribution in [0.2, 0.25) is 5.02 Å². The zero-order valence-corrected chi connectivity index (χ0v) is 17.7. The molecule has 1 aromatic carbocycles. The van der Waals surface area contributed by atoms with E-state index >= 15 is 0 Å². The molecule has 1 amide bonds. The third-order valence-corrected chi connectivity index (χ3v) is 6.11. The van der Waals surface area contributed by atoms with Gasteiger partial charge in [0.15, 0.2) is 0 Å². The minimum absolute atomic E-state index is 0.116. The third-order valence-electron chi connectivity index (χ3n) is 5.86. The highest BCUT2D eigenvalue weighted by molar-refractivity contribution is 6.30. The average molecular weight is 394 g/mol. The number of benzene rings is 1. The fourth-order valence-electron chi connectivity index (χ4n) is 4.72. The van der Waals surface area contributed by atoms with E-state index in [4.69, 9.17) is 21.1 Å². The quantitative estimate of drug-likeness (QED) is 0.811. The van der Waals surface area contributed by atoms with E-state index in [0.29, 0.717) is 24.7 Å². The van der Waals surface area contributed by atoms with Gasteiger partial charge in [-0.1, -0.05) is 23.7 Å². The summed E-state index contributed by atoms with van der Waals surface area (Å²) < 4.78 is 11.7. The average Bonchev–Trinajstić information content (AvgIpc) is 2.53. The van der Waals surface area contributed by atoms with Gasteiger partial charge in [0.1, 0.15) is 0 Å². The highest BCUT2D eigenvalue weighted by atomic mass is 35.5. The third kappa shape index (κ3) is 5.24. The van der Waals surface area contributed by atoms with Crippen molar-refractivity contribution >= 4 is 17.5 Å². The molecule has 0 radical (unpaired) electrons. The Morgan fingerprint density at radius 1 is 1.11 bits per heavy atom. The molecule has 5 heteroatoms. The van der Waals surface area contributed by atoms with Crippen LogP contribution in [0.25, 0.3) is 0 Å². The molecule has 0 spiro atoms. The maximum Gasteiger partial charge on any atom is 0.221 e. The van der Waals surface area contributed by atoms with E-state index < -0.39 is 0 Å². The van der Waals surface area contributed by atoms with Gasteiger partial charge in [-0.05, 0) is 71.1 Å². The van der Waals surface area contributed by atoms with Gasteiger partial charge in [0, 0.05) is 36.1 Å². The van der Waals surface area contributed by atoms with Crippen LogP contribution in [-0.4, -0.2) is 36.4 Å². The number of nitrogens with one attached hydrogen (secondary N) is 1. The Kier molecular flexibility index (Phi) is 5.90. The van der Waals surface area contributed by atoms with Crippen LogP contribution in [0, 0.1) is 0 Å². The minimum Gasteiger partial charge on any atom is -0.376 e. The predicted octanol–water partition coefficient (Wildman–Crippen LogP) is 4.63. The van der Waals surface area contributed by atoms with Crippen LogP contribution in [0.4, 0.5) is 0 Å². The number of ether oxygens (including phenoxy) is 2. The lowest BCUT2D eigenvalue weighted by Crippen LogP contribution is -2.50. The zero-order chi connectivity index (χ0) is 19.7. The van der Waals surface area contributed by atoms with E-state index in [9.17, 15) is 4.79 Å². The van der Waals surface area contributed by atoms with Crippen molar-refractivity contribution in [3.8, 4) is 0 Å². The van der Waals surface area contributed by atoms with Gasteiger partial charge < -0.3 is 14.8 Å². The Bertz CT molecular complexity index is 671. The van der Waals surface area contributed by atoms with Gasteiger partial charge in [-0.25, -0.2) is 0 Å². The Hall–Kier alpha value is -1.10. The lowest BCUT2D eigenvalue weighted by Gasteiger charge is -2.45. The molecule has 0 saturated carbocycles. The molecule has 2 aliphatic rings. The van der Waals surface area contributed by atoms with Gasteiger partial charge in [-0.15, -0.1) is 0 Å². The summed E-state index contributed by atoms with van der Waals surface area (Å²) in [5.74, 6) is 0.116. The van der Waals surface area contributed by atoms with E-state index in [2.05, 4.69) is 45.1 Å². The van der Waals surface area contributed by atoms with Crippen LogP contribution in [0.1, 0.15) is 65.4 Å². The van der Waals surface area contributed by atoms with Crippen molar-refractivity contribution in [1.82, 2.24) is 5.32 Å². The lowest BCUT2D eigenvalue weighted by molar-refractivity contribution is -0.129. The number of carbonyl (C=O) groups excluding carboxylic acids is 1. The largest absolute Gasteiger partial charge is 0.376 e. The van der Waals surface area contributed by atoms with Crippen LogP contribution in [0.15, 0.2) is 24.3 Å². The molecular weight excluding hydrogens is 362 g/mol. The molecule has 0 aliphatic carbocycles. The summed E-state index contributed by atoms with van der Waals surface area (Å²) in [6, 6.07) is 8.14. The Balaban J connectivity index is 1.77. The molecule has 0 bridgehead atoms. The fourth-order valence-corrected chi connectivity index (χ4v) is 4.85. The molecule has 2 aliphatic heterocycles. The second-order valence-electron chi connectivity index (χ2n) is 9.36. The summed E-state index contributed by atoms with van der Waals surface area (Å²) in [5.41, 5.74) is 0.520. The molecule has 0 aromatic heterocycles. The molecule has 1 N–H and O–H groups in total. The number of amides is 1. The van der Waals surface area contributed by atoms with E-state index in [1.54, 1.807) is 0 Å². The first kappa shape index (κ1) is 20.6. The van der Waals surface area contributed by atoms with Crippen molar-refractivity contribution in [2.75, 3.05) is 13.2 Å². The second-order valence-corrected chi connectivity index (χ2v) is 9.80. The normalized spacial score (nSPS) is 29.9. The van der Waals surface area contributed by atoms with Crippen LogP contribution in [-0.2, 0) is 19.7 Å². The highest BCUT2D eigenvalue weighted by Crippen LogP contribution is 2.44. The summed E-state index contributed by atoms with van der Waals surface area (Å²) in [5, 5.41) is 3.99. The number of hydrogen-bond donors (Lipinski definition) is 1. The fraction of sp³-hybridized carbons (Fsp3) is 0.682. The molecule has 0 unspecified atom stereocenters. The van der Waals surface area contributed by atoms with Crippen molar-refractivity contribution in [2.24, 2.45) is 0 Å². The summed E-state index contributed by atoms with van der Waals surface area (Å²) in [7, 11) is 0. The number of halogens is 1. The number of hydrogen-bond acceptors (Lipinski definition) is 3. The van der Waals surface area contributed by atoms with Crippen molar-refractivity contribution in [3.05, 3.63) is 34.9 Å². The first-order valence-electron chi connectivity index (χ1n) is 9.93. The summed E-state index contributed by atoms with van der Waals surface area (Å²) in [4.78, 5) is 13.0. The molecule has 4 nitrogen and oxygen atoms in total. The van der Waals surface area contributed by atoms with Crippen LogP contribution >= 0.6 is 11.6 Å². The van der Waals surface area contributed by atoms with E-state index in [1.807, 2.05) is 12.1 Å². The molecule has 2 atom stereocenters. The number of carbonyl (C=O) groups is 1. The minimum atomic E-state index is -0.251. The molecule has 27 heavy (non-hydrogen) atoms. The smallest absolute Gasteiger partial charge is 0.221 e. The van der Waals surface area contributed by atoms with Gasteiger partial charge in [0.2, 0.25) is 5.91 Å². The van der Waals surface area contributed by atoms with Gasteiger partial charge in [0.05, 0.1) is 11.2 Å². The molecule has 150 valence electrons. The number of rotatable bonds is 4. The van der Waals surface area contributed by atoms with Gasteiger partial charge in [-0.3, -0.25) is 4.79 Å². The van der Waals surface area contributed by atoms with E-state index in [-0.39, 0.29) is 28.6 Å². The predicted molar refractivity (Wildman–Crippen MR) is 108 cm³/mol. The molecular formula is C22H32ClNO3. The standard InChI is InChI=1S/C22H32ClNO3/c1-20(2)13-18(9-11-26-20)24-19(25)14-22(10-12-27-21(3,4)15-22)16-5-7-17(23)8-6-16/h5-8,18H,9-15H2,1-4H3,(H,24,25)/t18-,22+/m1/s1. The molecule has 2 heterocycles. The van der Waals surface area contributed by atoms with Gasteiger partial charge >= 0.3 is 0 Å². The Labute approximate surface area is 168 Å². The maximum absolute atomic E-state index is 13.0. The highest BCUT2D eigenvalue weighted by Gasteiger charge is 2.44. The van der Waals surface area contributed by atoms with E-state index in [0.717, 1.165) is 25.7 Å². The maximum atomic E-state index is 13.0. The summed E-state index contributed by atoms with van der Waals surface area (Å²) >= 11 is 6.10. The molecule has 1 aromatic rings. The topological polar surface area (TPSA) is 47.6 Å². The van der Waals surface area contributed by atoms with Crippen LogP contribution in [0.5, 0.6) is 0 Å². The van der Waals surface area contributed by atoms with E-state index in [1.165, 1.54) is 5.56 Å². The zero-order valence-electron chi connectivity index (χ0n) is 16.9. The molecule has 3 rings (SSSR count). The van der Waals surface area contributed by atoms with Crippen LogP contribution < -0.4 is 5.32 Å². The molecule has 2 fully saturated rings. The van der Waals surface area contributed by atoms with Crippen molar-refractivity contribution in [3.63, 3.8) is 0 Å².